The highest BCUT2D eigenvalue weighted by molar-refractivity contribution is 6.01. The van der Waals surface area contributed by atoms with Crippen LogP contribution in [0.5, 0.6) is 23.0 Å². The molecule has 34 heavy (non-hydrogen) atoms. The minimum Gasteiger partial charge on any atom is -0.493 e. The molecule has 0 bridgehead atoms. The van der Waals surface area contributed by atoms with Gasteiger partial charge >= 0.3 is 0 Å². The Labute approximate surface area is 198 Å². The zero-order valence-electron chi connectivity index (χ0n) is 19.6. The van der Waals surface area contributed by atoms with Gasteiger partial charge in [0.1, 0.15) is 5.82 Å². The Morgan fingerprint density at radius 3 is 2.18 bits per heavy atom. The third kappa shape index (κ3) is 4.55. The zero-order valence-corrected chi connectivity index (χ0v) is 19.6. The van der Waals surface area contributed by atoms with Crippen molar-refractivity contribution in [3.8, 4) is 23.0 Å². The van der Waals surface area contributed by atoms with Gasteiger partial charge in [0.15, 0.2) is 23.0 Å². The summed E-state index contributed by atoms with van der Waals surface area (Å²) < 4.78 is 36.2. The molecule has 3 aromatic carbocycles. The van der Waals surface area contributed by atoms with Gasteiger partial charge in [0.05, 0.1) is 45.9 Å². The maximum Gasteiger partial charge on any atom is 0.167 e. The number of anilines is 1. The van der Waals surface area contributed by atoms with E-state index >= 15 is 0 Å². The summed E-state index contributed by atoms with van der Waals surface area (Å²) in [7, 11) is 6.43. The molecular formula is C27H27FN2O4. The molecule has 0 saturated carbocycles. The third-order valence-corrected chi connectivity index (χ3v) is 5.69. The van der Waals surface area contributed by atoms with Crippen molar-refractivity contribution < 1.29 is 23.3 Å². The van der Waals surface area contributed by atoms with Gasteiger partial charge in [-0.05, 0) is 42.5 Å². The lowest BCUT2D eigenvalue weighted by Gasteiger charge is -2.26. The zero-order chi connectivity index (χ0) is 24.1. The molecule has 1 unspecified atom stereocenters. The number of methoxy groups -OCH3 is 4. The molecule has 176 valence electrons. The predicted octanol–water partition coefficient (Wildman–Crippen LogP) is 5.88. The average Bonchev–Trinajstić information content (AvgIpc) is 3.30. The molecule has 1 aliphatic rings. The molecule has 0 amide bonds. The topological polar surface area (TPSA) is 52.5 Å². The van der Waals surface area contributed by atoms with E-state index in [4.69, 9.17) is 24.0 Å². The summed E-state index contributed by atoms with van der Waals surface area (Å²) >= 11 is 0. The van der Waals surface area contributed by atoms with Gasteiger partial charge in [-0.15, -0.1) is 0 Å². The third-order valence-electron chi connectivity index (χ3n) is 5.69. The van der Waals surface area contributed by atoms with E-state index in [0.717, 1.165) is 16.8 Å². The Hall–Kier alpha value is -4.00. The van der Waals surface area contributed by atoms with Crippen LogP contribution < -0.4 is 24.0 Å². The lowest BCUT2D eigenvalue weighted by molar-refractivity contribution is 0.349. The Kier molecular flexibility index (Phi) is 7.01. The summed E-state index contributed by atoms with van der Waals surface area (Å²) in [6.07, 6.45) is 4.47. The molecule has 0 N–H and O–H groups in total. The Morgan fingerprint density at radius 2 is 1.50 bits per heavy atom. The van der Waals surface area contributed by atoms with Gasteiger partial charge in [0, 0.05) is 17.5 Å². The number of hydrazone groups is 1. The highest BCUT2D eigenvalue weighted by Gasteiger charge is 2.31. The maximum absolute atomic E-state index is 14.1. The molecule has 6 nitrogen and oxygen atoms in total. The molecule has 4 rings (SSSR count). The van der Waals surface area contributed by atoms with Crippen LogP contribution in [0.15, 0.2) is 71.8 Å². The highest BCUT2D eigenvalue weighted by Crippen LogP contribution is 2.43. The fourth-order valence-electron chi connectivity index (χ4n) is 4.14. The second-order valence-corrected chi connectivity index (χ2v) is 7.63. The molecule has 7 heteroatoms. The van der Waals surface area contributed by atoms with Crippen molar-refractivity contribution in [2.45, 2.75) is 12.5 Å². The quantitative estimate of drug-likeness (QED) is 0.418. The number of hydrogen-bond donors (Lipinski definition) is 0. The molecule has 1 aliphatic heterocycles. The van der Waals surface area contributed by atoms with Gasteiger partial charge in [0.25, 0.3) is 0 Å². The van der Waals surface area contributed by atoms with E-state index in [1.165, 1.54) is 12.1 Å². The number of rotatable bonds is 8. The summed E-state index contributed by atoms with van der Waals surface area (Å²) in [5, 5.41) is 6.65. The number of para-hydroxylation sites is 2. The van der Waals surface area contributed by atoms with Gasteiger partial charge in [-0.3, -0.25) is 5.01 Å². The van der Waals surface area contributed by atoms with Crippen LogP contribution in [0.3, 0.4) is 0 Å². The van der Waals surface area contributed by atoms with Crippen LogP contribution in [0, 0.1) is 5.82 Å². The number of allylic oxidation sites excluding steroid dienone is 1. The fraction of sp³-hybridized carbons (Fsp3) is 0.222. The molecular weight excluding hydrogens is 435 g/mol. The number of nitrogens with zero attached hydrogens (tertiary/aromatic N) is 2. The number of halogens is 1. The normalized spacial score (nSPS) is 15.4. The molecule has 0 spiro atoms. The van der Waals surface area contributed by atoms with Crippen LogP contribution in [0.2, 0.25) is 0 Å². The smallest absolute Gasteiger partial charge is 0.167 e. The van der Waals surface area contributed by atoms with Gasteiger partial charge in [-0.25, -0.2) is 4.39 Å². The number of ether oxygens (including phenoxy) is 4. The predicted molar refractivity (Wildman–Crippen MR) is 132 cm³/mol. The number of benzene rings is 3. The number of hydrogen-bond acceptors (Lipinski definition) is 6. The first-order valence-electron chi connectivity index (χ1n) is 10.8. The van der Waals surface area contributed by atoms with E-state index in [1.54, 1.807) is 34.5 Å². The Morgan fingerprint density at radius 1 is 0.824 bits per heavy atom. The van der Waals surface area contributed by atoms with Crippen molar-refractivity contribution >= 4 is 17.5 Å². The fourth-order valence-corrected chi connectivity index (χ4v) is 4.14. The van der Waals surface area contributed by atoms with Crippen LogP contribution in [0.25, 0.3) is 6.08 Å². The van der Waals surface area contributed by atoms with Gasteiger partial charge in [-0.1, -0.05) is 30.3 Å². The first kappa shape index (κ1) is 23.2. The lowest BCUT2D eigenvalue weighted by atomic mass is 9.99. The summed E-state index contributed by atoms with van der Waals surface area (Å²) in [4.78, 5) is 0. The van der Waals surface area contributed by atoms with E-state index in [0.29, 0.717) is 35.1 Å². The van der Waals surface area contributed by atoms with Crippen LogP contribution >= 0.6 is 0 Å². The van der Waals surface area contributed by atoms with E-state index in [1.807, 2.05) is 59.6 Å². The SMILES string of the molecule is COc1cccc(/C=C/C2=NN(c3cccc(F)c3)C(c3cccc(OC)c3OC)C2)c1OC. The van der Waals surface area contributed by atoms with E-state index in [9.17, 15) is 4.39 Å². The van der Waals surface area contributed by atoms with Gasteiger partial charge in [-0.2, -0.15) is 5.10 Å². The Bertz CT molecular complexity index is 1230. The van der Waals surface area contributed by atoms with Crippen molar-refractivity contribution in [2.75, 3.05) is 33.4 Å². The molecule has 3 aromatic rings. The summed E-state index contributed by atoms with van der Waals surface area (Å²) in [5.41, 5.74) is 3.24. The molecule has 0 radical (unpaired) electrons. The van der Waals surface area contributed by atoms with Crippen molar-refractivity contribution in [3.05, 3.63) is 83.7 Å². The largest absolute Gasteiger partial charge is 0.493 e. The summed E-state index contributed by atoms with van der Waals surface area (Å²) in [6.45, 7) is 0. The Balaban J connectivity index is 1.74. The van der Waals surface area contributed by atoms with Crippen molar-refractivity contribution in [3.63, 3.8) is 0 Å². The molecule has 0 saturated heterocycles. The minimum atomic E-state index is -0.325. The standard InChI is InChI=1S/C27H27FN2O4/c1-31-24-12-5-8-18(26(24)33-3)14-15-20-17-23(22-11-7-13-25(32-2)27(22)34-4)30(29-20)21-10-6-9-19(28)16-21/h5-16,23H,17H2,1-4H3/b15-14+. The van der Waals surface area contributed by atoms with Crippen molar-refractivity contribution in [1.29, 1.82) is 0 Å². The van der Waals surface area contributed by atoms with Crippen molar-refractivity contribution in [2.24, 2.45) is 5.10 Å². The van der Waals surface area contributed by atoms with Crippen molar-refractivity contribution in [1.82, 2.24) is 0 Å². The maximum atomic E-state index is 14.1. The monoisotopic (exact) mass is 462 g/mol. The first-order chi connectivity index (χ1) is 16.6. The molecule has 0 aliphatic carbocycles. The summed E-state index contributed by atoms with van der Waals surface area (Å²) in [5.74, 6) is 2.23. The van der Waals surface area contributed by atoms with E-state index in [-0.39, 0.29) is 11.9 Å². The van der Waals surface area contributed by atoms with Crippen LogP contribution in [-0.4, -0.2) is 34.2 Å². The second-order valence-electron chi connectivity index (χ2n) is 7.63. The van der Waals surface area contributed by atoms with E-state index in [2.05, 4.69) is 0 Å². The molecule has 0 aromatic heterocycles. The molecule has 0 fully saturated rings. The first-order valence-corrected chi connectivity index (χ1v) is 10.8. The second kappa shape index (κ2) is 10.3. The molecule has 1 heterocycles. The molecule has 1 atom stereocenters. The summed E-state index contributed by atoms with van der Waals surface area (Å²) in [6, 6.07) is 17.6. The van der Waals surface area contributed by atoms with Crippen LogP contribution in [0.1, 0.15) is 23.6 Å². The highest BCUT2D eigenvalue weighted by atomic mass is 19.1. The lowest BCUT2D eigenvalue weighted by Crippen LogP contribution is -2.19. The average molecular weight is 463 g/mol. The van der Waals surface area contributed by atoms with Gasteiger partial charge in [0.2, 0.25) is 0 Å². The van der Waals surface area contributed by atoms with E-state index < -0.39 is 0 Å². The van der Waals surface area contributed by atoms with Crippen LogP contribution in [-0.2, 0) is 0 Å². The minimum absolute atomic E-state index is 0.210. The van der Waals surface area contributed by atoms with Gasteiger partial charge < -0.3 is 18.9 Å². The van der Waals surface area contributed by atoms with Crippen LogP contribution in [0.4, 0.5) is 10.1 Å².